The second-order valence-electron chi connectivity index (χ2n) is 7.31. The van der Waals surface area contributed by atoms with Gasteiger partial charge in [0.25, 0.3) is 0 Å². The predicted molar refractivity (Wildman–Crippen MR) is 91.8 cm³/mol. The number of hydroxylamine groups is 2. The largest absolute Gasteiger partial charge is 0.528 e. The van der Waals surface area contributed by atoms with Crippen molar-refractivity contribution in [3.63, 3.8) is 0 Å². The van der Waals surface area contributed by atoms with Gasteiger partial charge < -0.3 is 14.0 Å². The quantitative estimate of drug-likeness (QED) is 0.788. The first-order valence-electron chi connectivity index (χ1n) is 8.55. The molecule has 3 rings (SSSR count). The topological polar surface area (TPSA) is 69.7 Å². The summed E-state index contributed by atoms with van der Waals surface area (Å²) in [5.74, 6) is 1.15. The molecule has 2 aromatic heterocycles. The fourth-order valence-corrected chi connectivity index (χ4v) is 3.03. The first-order chi connectivity index (χ1) is 11.8. The van der Waals surface area contributed by atoms with Crippen LogP contribution in [-0.2, 0) is 16.6 Å². The fourth-order valence-electron chi connectivity index (χ4n) is 3.03. The molecule has 0 N–H and O–H groups in total. The number of hydrogen-bond acceptors (Lipinski definition) is 6. The first kappa shape index (κ1) is 17.5. The van der Waals surface area contributed by atoms with Crippen molar-refractivity contribution in [3.8, 4) is 11.5 Å². The third-order valence-corrected chi connectivity index (χ3v) is 4.15. The third-order valence-electron chi connectivity index (χ3n) is 4.15. The van der Waals surface area contributed by atoms with E-state index < -0.39 is 11.8 Å². The number of piperidine rings is 1. The van der Waals surface area contributed by atoms with Gasteiger partial charge in [0.15, 0.2) is 5.76 Å². The maximum atomic E-state index is 11.8. The maximum absolute atomic E-state index is 11.8. The van der Waals surface area contributed by atoms with Crippen LogP contribution < -0.4 is 0 Å². The van der Waals surface area contributed by atoms with Crippen molar-refractivity contribution in [1.82, 2.24) is 14.8 Å². The van der Waals surface area contributed by atoms with Gasteiger partial charge in [0.2, 0.25) is 0 Å². The van der Waals surface area contributed by atoms with Crippen molar-refractivity contribution in [2.24, 2.45) is 7.05 Å². The van der Waals surface area contributed by atoms with E-state index in [9.17, 15) is 4.79 Å². The van der Waals surface area contributed by atoms with Crippen LogP contribution >= 0.6 is 0 Å². The number of aromatic nitrogens is 2. The molecule has 0 saturated carbocycles. The number of hydrogen-bond donors (Lipinski definition) is 0. The van der Waals surface area contributed by atoms with Crippen molar-refractivity contribution >= 4 is 6.16 Å². The number of carbonyl (C=O) groups is 1. The Hall–Kier alpha value is -2.28. The van der Waals surface area contributed by atoms with Crippen LogP contribution in [0.25, 0.3) is 11.5 Å². The van der Waals surface area contributed by atoms with Crippen LogP contribution in [0.5, 0.6) is 0 Å². The molecule has 1 saturated heterocycles. The average Bonchev–Trinajstić information content (AvgIpc) is 3.15. The maximum Gasteiger partial charge on any atom is 0.528 e. The minimum Gasteiger partial charge on any atom is -0.463 e. The fraction of sp³-hybridized carbons (Fsp3) is 0.556. The number of aryl methyl sites for hydroxylation is 1. The van der Waals surface area contributed by atoms with Crippen LogP contribution in [-0.4, -0.2) is 39.7 Å². The van der Waals surface area contributed by atoms with E-state index in [1.165, 1.54) is 5.69 Å². The van der Waals surface area contributed by atoms with Gasteiger partial charge in [-0.15, -0.1) is 5.06 Å². The molecule has 0 spiro atoms. The Morgan fingerprint density at radius 3 is 2.64 bits per heavy atom. The molecule has 3 heterocycles. The summed E-state index contributed by atoms with van der Waals surface area (Å²) < 4.78 is 12.5. The normalized spacial score (nSPS) is 16.8. The monoisotopic (exact) mass is 347 g/mol. The summed E-state index contributed by atoms with van der Waals surface area (Å²) in [7, 11) is 1.95. The first-order valence-corrected chi connectivity index (χ1v) is 8.55. The third kappa shape index (κ3) is 4.42. The van der Waals surface area contributed by atoms with Crippen LogP contribution in [0.1, 0.15) is 45.2 Å². The molecule has 7 heteroatoms. The van der Waals surface area contributed by atoms with Gasteiger partial charge >= 0.3 is 6.16 Å². The van der Waals surface area contributed by atoms with Gasteiger partial charge in [-0.1, -0.05) is 0 Å². The van der Waals surface area contributed by atoms with Crippen LogP contribution in [0.3, 0.4) is 0 Å². The van der Waals surface area contributed by atoms with Crippen LogP contribution in [0.2, 0.25) is 0 Å². The van der Waals surface area contributed by atoms with Gasteiger partial charge in [-0.25, -0.2) is 4.79 Å². The Labute approximate surface area is 147 Å². The summed E-state index contributed by atoms with van der Waals surface area (Å²) in [6.07, 6.45) is 2.78. The van der Waals surface area contributed by atoms with Crippen molar-refractivity contribution in [1.29, 1.82) is 0 Å². The van der Waals surface area contributed by atoms with Gasteiger partial charge in [-0.2, -0.15) is 5.10 Å². The Bertz CT molecular complexity index is 707. The minimum atomic E-state index is -0.647. The van der Waals surface area contributed by atoms with E-state index in [1.807, 2.05) is 44.6 Å². The van der Waals surface area contributed by atoms with Gasteiger partial charge in [-0.3, -0.25) is 4.68 Å². The van der Waals surface area contributed by atoms with E-state index in [1.54, 1.807) is 11.3 Å². The zero-order chi connectivity index (χ0) is 18.0. The summed E-state index contributed by atoms with van der Waals surface area (Å²) in [4.78, 5) is 17.0. The van der Waals surface area contributed by atoms with Crippen LogP contribution in [0.4, 0.5) is 4.79 Å². The molecule has 7 nitrogen and oxygen atoms in total. The Kier molecular flexibility index (Phi) is 4.85. The Morgan fingerprint density at radius 1 is 1.32 bits per heavy atom. The summed E-state index contributed by atoms with van der Waals surface area (Å²) in [5, 5.41) is 6.21. The van der Waals surface area contributed by atoms with E-state index in [0.29, 0.717) is 19.0 Å². The second-order valence-corrected chi connectivity index (χ2v) is 7.31. The average molecular weight is 347 g/mol. The molecule has 136 valence electrons. The van der Waals surface area contributed by atoms with Gasteiger partial charge in [0, 0.05) is 31.7 Å². The van der Waals surface area contributed by atoms with E-state index in [0.717, 1.165) is 24.3 Å². The molecule has 1 fully saturated rings. The summed E-state index contributed by atoms with van der Waals surface area (Å²) in [6.45, 7) is 6.80. The summed E-state index contributed by atoms with van der Waals surface area (Å²) >= 11 is 0. The smallest absolute Gasteiger partial charge is 0.463 e. The van der Waals surface area contributed by atoms with Crippen LogP contribution in [0, 0.1) is 0 Å². The lowest BCUT2D eigenvalue weighted by Gasteiger charge is -2.31. The number of carbonyl (C=O) groups excluding carboxylic acids is 1. The van der Waals surface area contributed by atoms with E-state index >= 15 is 0 Å². The highest BCUT2D eigenvalue weighted by Gasteiger charge is 2.27. The molecule has 0 unspecified atom stereocenters. The number of furan rings is 1. The summed E-state index contributed by atoms with van der Waals surface area (Å²) in [5.41, 5.74) is 1.46. The Morgan fingerprint density at radius 2 is 2.04 bits per heavy atom. The molecule has 0 aromatic carbocycles. The molecule has 0 bridgehead atoms. The highest BCUT2D eigenvalue weighted by atomic mass is 16.8. The number of ether oxygens (including phenoxy) is 1. The van der Waals surface area contributed by atoms with Crippen molar-refractivity contribution in [2.45, 2.75) is 45.1 Å². The van der Waals surface area contributed by atoms with E-state index in [2.05, 4.69) is 11.2 Å². The molecular weight excluding hydrogens is 322 g/mol. The van der Waals surface area contributed by atoms with Crippen molar-refractivity contribution in [3.05, 3.63) is 30.2 Å². The molecular formula is C18H25N3O4. The summed E-state index contributed by atoms with van der Waals surface area (Å²) in [6, 6.07) is 5.84. The van der Waals surface area contributed by atoms with Gasteiger partial charge in [0.1, 0.15) is 11.3 Å². The Balaban J connectivity index is 1.57. The number of rotatable bonds is 3. The lowest BCUT2D eigenvalue weighted by Crippen LogP contribution is -2.37. The van der Waals surface area contributed by atoms with E-state index in [-0.39, 0.29) is 0 Å². The zero-order valence-corrected chi connectivity index (χ0v) is 15.2. The highest BCUT2D eigenvalue weighted by molar-refractivity contribution is 5.60. The predicted octanol–water partition coefficient (Wildman–Crippen LogP) is 3.73. The molecule has 1 aliphatic heterocycles. The van der Waals surface area contributed by atoms with Crippen LogP contribution in [0.15, 0.2) is 28.9 Å². The molecule has 0 aliphatic carbocycles. The molecule has 0 atom stereocenters. The molecule has 0 amide bonds. The standard InChI is InChI=1S/C18H25N3O4/c1-18(2,3)24-17(22)25-21-9-7-13(8-10-21)15-12-14(19-20(15)4)16-6-5-11-23-16/h5-6,11-13H,7-10H2,1-4H3. The molecule has 25 heavy (non-hydrogen) atoms. The van der Waals surface area contributed by atoms with Gasteiger partial charge in [0.05, 0.1) is 6.26 Å². The van der Waals surface area contributed by atoms with Crippen molar-refractivity contribution < 1.29 is 18.8 Å². The SMILES string of the molecule is Cn1nc(-c2ccco2)cc1C1CCN(OC(=O)OC(C)(C)C)CC1. The zero-order valence-electron chi connectivity index (χ0n) is 15.2. The lowest BCUT2D eigenvalue weighted by molar-refractivity contribution is -0.152. The molecule has 0 radical (unpaired) electrons. The van der Waals surface area contributed by atoms with E-state index in [4.69, 9.17) is 14.0 Å². The van der Waals surface area contributed by atoms with Crippen molar-refractivity contribution in [2.75, 3.05) is 13.1 Å². The lowest BCUT2D eigenvalue weighted by atomic mass is 9.94. The molecule has 1 aliphatic rings. The minimum absolute atomic E-state index is 0.375. The highest BCUT2D eigenvalue weighted by Crippen LogP contribution is 2.31. The van der Waals surface area contributed by atoms with Gasteiger partial charge in [-0.05, 0) is 51.8 Å². The molecule has 2 aromatic rings. The number of nitrogens with zero attached hydrogens (tertiary/aromatic N) is 3. The second kappa shape index (κ2) is 6.92.